The number of aromatic nitrogens is 2. The van der Waals surface area contributed by atoms with Crippen LogP contribution >= 0.6 is 23.2 Å². The third kappa shape index (κ3) is 3.23. The number of benzene rings is 1. The van der Waals surface area contributed by atoms with Crippen molar-refractivity contribution in [2.75, 3.05) is 7.05 Å². The smallest absolute Gasteiger partial charge is 0.231 e. The highest BCUT2D eigenvalue weighted by Crippen LogP contribution is 2.33. The van der Waals surface area contributed by atoms with Gasteiger partial charge in [0.2, 0.25) is 5.89 Å². The van der Waals surface area contributed by atoms with Crippen LogP contribution in [0.4, 0.5) is 0 Å². The van der Waals surface area contributed by atoms with E-state index in [0.29, 0.717) is 34.3 Å². The van der Waals surface area contributed by atoms with Gasteiger partial charge < -0.3 is 9.84 Å². The van der Waals surface area contributed by atoms with E-state index >= 15 is 0 Å². The Morgan fingerprint density at radius 2 is 2.19 bits per heavy atom. The summed E-state index contributed by atoms with van der Waals surface area (Å²) in [6, 6.07) is 5.87. The molecule has 112 valence electrons. The number of likely N-dealkylation sites (N-methyl/N-ethyl adjacent to an activating group) is 1. The third-order valence-electron chi connectivity index (χ3n) is 4.05. The Kier molecular flexibility index (Phi) is 4.48. The van der Waals surface area contributed by atoms with Gasteiger partial charge in [0.05, 0.1) is 5.92 Å². The van der Waals surface area contributed by atoms with Gasteiger partial charge in [-0.25, -0.2) is 0 Å². The molecule has 0 spiro atoms. The maximum atomic E-state index is 6.18. The molecule has 4 nitrogen and oxygen atoms in total. The predicted molar refractivity (Wildman–Crippen MR) is 83.0 cm³/mol. The second-order valence-electron chi connectivity index (χ2n) is 5.39. The van der Waals surface area contributed by atoms with E-state index in [9.17, 15) is 0 Å². The molecule has 1 heterocycles. The second-order valence-corrected chi connectivity index (χ2v) is 6.24. The summed E-state index contributed by atoms with van der Waals surface area (Å²) in [4.78, 5) is 4.54. The standard InChI is InChI=1S/C15H17Cl2N3O/c1-18-13-4-2-3-11(13)15-19-14(20-21-15)7-9-5-6-10(16)8-12(9)17/h5-6,8,11,13,18H,2-4,7H2,1H3. The van der Waals surface area contributed by atoms with Gasteiger partial charge in [0.1, 0.15) is 0 Å². The van der Waals surface area contributed by atoms with E-state index in [2.05, 4.69) is 15.5 Å². The van der Waals surface area contributed by atoms with E-state index in [4.69, 9.17) is 27.7 Å². The number of nitrogens with zero attached hydrogens (tertiary/aromatic N) is 2. The molecule has 21 heavy (non-hydrogen) atoms. The summed E-state index contributed by atoms with van der Waals surface area (Å²) < 4.78 is 5.45. The molecule has 1 saturated carbocycles. The van der Waals surface area contributed by atoms with Crippen LogP contribution < -0.4 is 5.32 Å². The van der Waals surface area contributed by atoms with Crippen molar-refractivity contribution in [1.29, 1.82) is 0 Å². The summed E-state index contributed by atoms with van der Waals surface area (Å²) in [5, 5.41) is 8.66. The molecule has 2 atom stereocenters. The van der Waals surface area contributed by atoms with Crippen molar-refractivity contribution < 1.29 is 4.52 Å². The van der Waals surface area contributed by atoms with Crippen LogP contribution in [0.3, 0.4) is 0 Å². The maximum absolute atomic E-state index is 6.18. The zero-order valence-electron chi connectivity index (χ0n) is 11.8. The van der Waals surface area contributed by atoms with E-state index in [-0.39, 0.29) is 0 Å². The monoisotopic (exact) mass is 325 g/mol. The van der Waals surface area contributed by atoms with Crippen LogP contribution in [-0.4, -0.2) is 23.2 Å². The lowest BCUT2D eigenvalue weighted by molar-refractivity contribution is 0.332. The highest BCUT2D eigenvalue weighted by molar-refractivity contribution is 6.35. The van der Waals surface area contributed by atoms with Gasteiger partial charge in [-0.1, -0.05) is 40.8 Å². The Labute approximate surface area is 133 Å². The van der Waals surface area contributed by atoms with Crippen LogP contribution in [0.1, 0.15) is 42.5 Å². The second kappa shape index (κ2) is 6.34. The fraction of sp³-hybridized carbons (Fsp3) is 0.467. The SMILES string of the molecule is CNC1CCCC1c1nc(Cc2ccc(Cl)cc2Cl)no1. The van der Waals surface area contributed by atoms with E-state index in [0.717, 1.165) is 24.3 Å². The van der Waals surface area contributed by atoms with Gasteiger partial charge in [-0.15, -0.1) is 0 Å². The van der Waals surface area contributed by atoms with Crippen molar-refractivity contribution in [2.45, 2.75) is 37.6 Å². The van der Waals surface area contributed by atoms with E-state index < -0.39 is 0 Å². The highest BCUT2D eigenvalue weighted by Gasteiger charge is 2.31. The van der Waals surface area contributed by atoms with Crippen molar-refractivity contribution in [1.82, 2.24) is 15.5 Å². The fourth-order valence-corrected chi connectivity index (χ4v) is 3.40. The molecule has 1 aliphatic rings. The molecule has 1 N–H and O–H groups in total. The molecular formula is C15H17Cl2N3O. The molecule has 2 unspecified atom stereocenters. The molecule has 0 amide bonds. The third-order valence-corrected chi connectivity index (χ3v) is 4.64. The summed E-state index contributed by atoms with van der Waals surface area (Å²) in [6.07, 6.45) is 3.99. The van der Waals surface area contributed by atoms with E-state index in [1.165, 1.54) is 6.42 Å². The minimum atomic E-state index is 0.317. The molecular weight excluding hydrogens is 309 g/mol. The highest BCUT2D eigenvalue weighted by atomic mass is 35.5. The minimum Gasteiger partial charge on any atom is -0.339 e. The molecule has 0 radical (unpaired) electrons. The summed E-state index contributed by atoms with van der Waals surface area (Å²) in [5.74, 6) is 1.71. The van der Waals surface area contributed by atoms with Crippen LogP contribution in [0.15, 0.2) is 22.7 Å². The summed E-state index contributed by atoms with van der Waals surface area (Å²) >= 11 is 12.1. The van der Waals surface area contributed by atoms with Gasteiger partial charge in [-0.05, 0) is 37.6 Å². The lowest BCUT2D eigenvalue weighted by atomic mass is 10.0. The molecule has 1 fully saturated rings. The topological polar surface area (TPSA) is 51.0 Å². The van der Waals surface area contributed by atoms with Crippen molar-refractivity contribution in [3.63, 3.8) is 0 Å². The normalized spacial score (nSPS) is 21.9. The largest absolute Gasteiger partial charge is 0.339 e. The Hall–Kier alpha value is -1.10. The molecule has 6 heteroatoms. The average Bonchev–Trinajstić information content (AvgIpc) is 3.10. The van der Waals surface area contributed by atoms with Gasteiger partial charge in [0.25, 0.3) is 0 Å². The van der Waals surface area contributed by atoms with Crippen LogP contribution in [0.25, 0.3) is 0 Å². The quantitative estimate of drug-likeness (QED) is 0.928. The zero-order valence-corrected chi connectivity index (χ0v) is 13.3. The number of nitrogens with one attached hydrogen (secondary N) is 1. The molecule has 1 aromatic carbocycles. The molecule has 1 aromatic heterocycles. The number of hydrogen-bond donors (Lipinski definition) is 1. The van der Waals surface area contributed by atoms with Crippen molar-refractivity contribution in [3.8, 4) is 0 Å². The summed E-state index contributed by atoms with van der Waals surface area (Å²) in [7, 11) is 1.98. The van der Waals surface area contributed by atoms with Gasteiger partial charge in [0, 0.05) is 22.5 Å². The Bertz CT molecular complexity index is 629. The first kappa shape index (κ1) is 14.8. The van der Waals surface area contributed by atoms with Crippen LogP contribution in [-0.2, 0) is 6.42 Å². The van der Waals surface area contributed by atoms with Crippen LogP contribution in [0.5, 0.6) is 0 Å². The molecule has 3 rings (SSSR count). The minimum absolute atomic E-state index is 0.317. The zero-order chi connectivity index (χ0) is 14.8. The average molecular weight is 326 g/mol. The first-order chi connectivity index (χ1) is 10.2. The van der Waals surface area contributed by atoms with Crippen molar-refractivity contribution in [3.05, 3.63) is 45.5 Å². The summed E-state index contributed by atoms with van der Waals surface area (Å²) in [5.41, 5.74) is 0.949. The van der Waals surface area contributed by atoms with Crippen molar-refractivity contribution >= 4 is 23.2 Å². The maximum Gasteiger partial charge on any atom is 0.231 e. The van der Waals surface area contributed by atoms with Gasteiger partial charge in [-0.2, -0.15) is 4.98 Å². The lowest BCUT2D eigenvalue weighted by Crippen LogP contribution is -2.27. The molecule has 1 aliphatic carbocycles. The summed E-state index contributed by atoms with van der Waals surface area (Å²) in [6.45, 7) is 0. The Morgan fingerprint density at radius 1 is 1.33 bits per heavy atom. The first-order valence-electron chi connectivity index (χ1n) is 7.11. The van der Waals surface area contributed by atoms with Crippen LogP contribution in [0, 0.1) is 0 Å². The van der Waals surface area contributed by atoms with Crippen molar-refractivity contribution in [2.24, 2.45) is 0 Å². The van der Waals surface area contributed by atoms with Gasteiger partial charge >= 0.3 is 0 Å². The van der Waals surface area contributed by atoms with Gasteiger partial charge in [-0.3, -0.25) is 0 Å². The lowest BCUT2D eigenvalue weighted by Gasteiger charge is -2.14. The molecule has 0 saturated heterocycles. The van der Waals surface area contributed by atoms with Crippen LogP contribution in [0.2, 0.25) is 10.0 Å². The fourth-order valence-electron chi connectivity index (χ4n) is 2.93. The number of hydrogen-bond acceptors (Lipinski definition) is 4. The molecule has 0 aliphatic heterocycles. The van der Waals surface area contributed by atoms with Gasteiger partial charge in [0.15, 0.2) is 5.82 Å². The molecule has 2 aromatic rings. The number of rotatable bonds is 4. The number of halogens is 2. The predicted octanol–water partition coefficient (Wildman–Crippen LogP) is 3.82. The Morgan fingerprint density at radius 3 is 2.95 bits per heavy atom. The van der Waals surface area contributed by atoms with E-state index in [1.54, 1.807) is 6.07 Å². The first-order valence-corrected chi connectivity index (χ1v) is 7.86. The Balaban J connectivity index is 1.76. The molecule has 0 bridgehead atoms. The van der Waals surface area contributed by atoms with E-state index in [1.807, 2.05) is 19.2 Å².